The van der Waals surface area contributed by atoms with Crippen LogP contribution in [-0.2, 0) is 13.5 Å². The quantitative estimate of drug-likeness (QED) is 0.825. The summed E-state index contributed by atoms with van der Waals surface area (Å²) in [5, 5.41) is 4.59. The maximum Gasteiger partial charge on any atom is 0.150 e. The standard InChI is InChI=1S/C15H30N4/c1-7-8-13-14(16)15(18(6)17-13)19(9-11(2)3)10-12(4)5/h11-12H,7-10,16H2,1-6H3. The SMILES string of the molecule is CCCc1nn(C)c(N(CC(C)C)CC(C)C)c1N. The van der Waals surface area contributed by atoms with Crippen molar-refractivity contribution in [2.24, 2.45) is 18.9 Å². The normalized spacial score (nSPS) is 11.6. The summed E-state index contributed by atoms with van der Waals surface area (Å²) in [5.74, 6) is 2.32. The molecule has 0 aliphatic heterocycles. The van der Waals surface area contributed by atoms with Crippen molar-refractivity contribution in [3.05, 3.63) is 5.69 Å². The smallest absolute Gasteiger partial charge is 0.150 e. The molecule has 1 rings (SSSR count). The maximum absolute atomic E-state index is 6.32. The minimum atomic E-state index is 0.614. The van der Waals surface area contributed by atoms with Crippen molar-refractivity contribution in [2.45, 2.75) is 47.5 Å². The Morgan fingerprint density at radius 1 is 1.16 bits per heavy atom. The molecule has 0 aliphatic rings. The van der Waals surface area contributed by atoms with Crippen LogP contribution < -0.4 is 10.6 Å². The molecule has 4 heteroatoms. The summed E-state index contributed by atoms with van der Waals surface area (Å²) >= 11 is 0. The fourth-order valence-electron chi connectivity index (χ4n) is 2.51. The van der Waals surface area contributed by atoms with E-state index in [0.717, 1.165) is 43.1 Å². The number of aromatic nitrogens is 2. The van der Waals surface area contributed by atoms with Gasteiger partial charge in [0.05, 0.1) is 11.4 Å². The van der Waals surface area contributed by atoms with Crippen molar-refractivity contribution in [1.29, 1.82) is 0 Å². The molecule has 0 spiro atoms. The van der Waals surface area contributed by atoms with E-state index in [0.29, 0.717) is 11.8 Å². The molecule has 110 valence electrons. The Kier molecular flexibility index (Phi) is 5.70. The molecule has 1 aromatic heterocycles. The molecule has 0 saturated heterocycles. The highest BCUT2D eigenvalue weighted by molar-refractivity contribution is 5.66. The number of nitrogen functional groups attached to an aromatic ring is 1. The minimum Gasteiger partial charge on any atom is -0.394 e. The molecular formula is C15H30N4. The topological polar surface area (TPSA) is 47.1 Å². The summed E-state index contributed by atoms with van der Waals surface area (Å²) in [4.78, 5) is 2.39. The van der Waals surface area contributed by atoms with E-state index in [-0.39, 0.29) is 0 Å². The molecule has 1 heterocycles. The van der Waals surface area contributed by atoms with Crippen LogP contribution in [-0.4, -0.2) is 22.9 Å². The Bertz CT molecular complexity index is 383. The molecule has 0 radical (unpaired) electrons. The van der Waals surface area contributed by atoms with Gasteiger partial charge in [-0.25, -0.2) is 0 Å². The Morgan fingerprint density at radius 3 is 2.11 bits per heavy atom. The van der Waals surface area contributed by atoms with E-state index in [4.69, 9.17) is 5.73 Å². The third-order valence-electron chi connectivity index (χ3n) is 3.09. The Labute approximate surface area is 118 Å². The van der Waals surface area contributed by atoms with Gasteiger partial charge in [0.2, 0.25) is 0 Å². The number of aryl methyl sites for hydroxylation is 2. The average molecular weight is 266 g/mol. The average Bonchev–Trinajstić information content (AvgIpc) is 2.52. The predicted octanol–water partition coefficient (Wildman–Crippen LogP) is 3.07. The van der Waals surface area contributed by atoms with Crippen LogP contribution in [0, 0.1) is 11.8 Å². The molecule has 4 nitrogen and oxygen atoms in total. The van der Waals surface area contributed by atoms with Crippen LogP contribution in [0.2, 0.25) is 0 Å². The van der Waals surface area contributed by atoms with Crippen LogP contribution in [0.15, 0.2) is 0 Å². The first kappa shape index (κ1) is 15.9. The molecule has 0 unspecified atom stereocenters. The number of anilines is 2. The van der Waals surface area contributed by atoms with Crippen LogP contribution in [0.5, 0.6) is 0 Å². The van der Waals surface area contributed by atoms with E-state index in [2.05, 4.69) is 44.6 Å². The highest BCUT2D eigenvalue weighted by atomic mass is 15.4. The third-order valence-corrected chi connectivity index (χ3v) is 3.09. The summed E-state index contributed by atoms with van der Waals surface area (Å²) in [7, 11) is 2.00. The van der Waals surface area contributed by atoms with Gasteiger partial charge >= 0.3 is 0 Å². The van der Waals surface area contributed by atoms with E-state index in [1.54, 1.807) is 0 Å². The number of rotatable bonds is 7. The zero-order valence-corrected chi connectivity index (χ0v) is 13.4. The van der Waals surface area contributed by atoms with Crippen LogP contribution >= 0.6 is 0 Å². The second-order valence-electron chi connectivity index (χ2n) is 6.25. The van der Waals surface area contributed by atoms with Crippen LogP contribution in [0.4, 0.5) is 11.5 Å². The first-order chi connectivity index (χ1) is 8.86. The summed E-state index contributed by atoms with van der Waals surface area (Å²) < 4.78 is 1.95. The molecule has 19 heavy (non-hydrogen) atoms. The van der Waals surface area contributed by atoms with Gasteiger partial charge < -0.3 is 10.6 Å². The van der Waals surface area contributed by atoms with E-state index < -0.39 is 0 Å². The first-order valence-corrected chi connectivity index (χ1v) is 7.43. The lowest BCUT2D eigenvalue weighted by Crippen LogP contribution is -2.33. The Hall–Kier alpha value is -1.19. The molecule has 0 fully saturated rings. The highest BCUT2D eigenvalue weighted by Gasteiger charge is 2.20. The van der Waals surface area contributed by atoms with Crippen molar-refractivity contribution in [2.75, 3.05) is 23.7 Å². The van der Waals surface area contributed by atoms with Crippen LogP contribution in [0.3, 0.4) is 0 Å². The second-order valence-corrected chi connectivity index (χ2v) is 6.25. The van der Waals surface area contributed by atoms with E-state index in [1.807, 2.05) is 11.7 Å². The minimum absolute atomic E-state index is 0.614. The first-order valence-electron chi connectivity index (χ1n) is 7.43. The summed E-state index contributed by atoms with van der Waals surface area (Å²) in [6, 6.07) is 0. The fourth-order valence-corrected chi connectivity index (χ4v) is 2.51. The number of nitrogens with two attached hydrogens (primary N) is 1. The van der Waals surface area contributed by atoms with Crippen molar-refractivity contribution in [1.82, 2.24) is 9.78 Å². The van der Waals surface area contributed by atoms with Gasteiger partial charge in [-0.2, -0.15) is 5.10 Å². The van der Waals surface area contributed by atoms with Crippen LogP contribution in [0.1, 0.15) is 46.7 Å². The molecule has 0 aliphatic carbocycles. The van der Waals surface area contributed by atoms with Crippen molar-refractivity contribution < 1.29 is 0 Å². The maximum atomic E-state index is 6.32. The summed E-state index contributed by atoms with van der Waals surface area (Å²) in [6.07, 6.45) is 2.03. The zero-order valence-electron chi connectivity index (χ0n) is 13.4. The molecular weight excluding hydrogens is 236 g/mol. The van der Waals surface area contributed by atoms with Crippen molar-refractivity contribution in [3.63, 3.8) is 0 Å². The monoisotopic (exact) mass is 266 g/mol. The van der Waals surface area contributed by atoms with Gasteiger partial charge in [0, 0.05) is 20.1 Å². The molecule has 0 atom stereocenters. The van der Waals surface area contributed by atoms with Crippen molar-refractivity contribution >= 4 is 11.5 Å². The largest absolute Gasteiger partial charge is 0.394 e. The number of hydrogen-bond acceptors (Lipinski definition) is 3. The number of nitrogens with zero attached hydrogens (tertiary/aromatic N) is 3. The predicted molar refractivity (Wildman–Crippen MR) is 83.5 cm³/mol. The molecule has 0 aromatic carbocycles. The van der Waals surface area contributed by atoms with Gasteiger partial charge in [0.1, 0.15) is 5.82 Å². The Balaban J connectivity index is 3.06. The molecule has 0 bridgehead atoms. The zero-order chi connectivity index (χ0) is 14.6. The van der Waals surface area contributed by atoms with Crippen LogP contribution in [0.25, 0.3) is 0 Å². The molecule has 0 saturated carbocycles. The summed E-state index contributed by atoms with van der Waals surface area (Å²) in [6.45, 7) is 13.2. The van der Waals surface area contributed by atoms with E-state index in [1.165, 1.54) is 0 Å². The molecule has 1 aromatic rings. The second kappa shape index (κ2) is 6.83. The Morgan fingerprint density at radius 2 is 1.68 bits per heavy atom. The van der Waals surface area contributed by atoms with Gasteiger partial charge in [-0.05, 0) is 18.3 Å². The lowest BCUT2D eigenvalue weighted by atomic mass is 10.1. The van der Waals surface area contributed by atoms with Crippen molar-refractivity contribution in [3.8, 4) is 0 Å². The lowest BCUT2D eigenvalue weighted by molar-refractivity contribution is 0.539. The van der Waals surface area contributed by atoms with Gasteiger partial charge in [-0.15, -0.1) is 0 Å². The van der Waals surface area contributed by atoms with Gasteiger partial charge in [-0.1, -0.05) is 41.0 Å². The third kappa shape index (κ3) is 4.15. The summed E-state index contributed by atoms with van der Waals surface area (Å²) in [5.41, 5.74) is 8.22. The molecule has 0 amide bonds. The van der Waals surface area contributed by atoms with E-state index in [9.17, 15) is 0 Å². The molecule has 2 N–H and O–H groups in total. The van der Waals surface area contributed by atoms with Gasteiger partial charge in [-0.3, -0.25) is 4.68 Å². The lowest BCUT2D eigenvalue weighted by Gasteiger charge is -2.28. The van der Waals surface area contributed by atoms with Gasteiger partial charge in [0.25, 0.3) is 0 Å². The van der Waals surface area contributed by atoms with E-state index >= 15 is 0 Å². The highest BCUT2D eigenvalue weighted by Crippen LogP contribution is 2.28. The van der Waals surface area contributed by atoms with Gasteiger partial charge in [0.15, 0.2) is 0 Å². The fraction of sp³-hybridized carbons (Fsp3) is 0.800. The number of hydrogen-bond donors (Lipinski definition) is 1.